The quantitative estimate of drug-likeness (QED) is 0.287. The summed E-state index contributed by atoms with van der Waals surface area (Å²) in [5.41, 5.74) is 1.47. The van der Waals surface area contributed by atoms with Crippen LogP contribution in [0.5, 0.6) is 0 Å². The molecule has 164 valence electrons. The molecule has 0 aromatic heterocycles. The summed E-state index contributed by atoms with van der Waals surface area (Å²) < 4.78 is 20.1. The zero-order valence-electron chi connectivity index (χ0n) is 18.2. The first-order chi connectivity index (χ1) is 15.6. The van der Waals surface area contributed by atoms with Crippen LogP contribution in [-0.4, -0.2) is 12.0 Å². The maximum absolute atomic E-state index is 14.5. The molecule has 0 amide bonds. The van der Waals surface area contributed by atoms with Crippen LogP contribution in [0, 0.1) is 5.92 Å². The van der Waals surface area contributed by atoms with Crippen molar-refractivity contribution >= 4 is 23.9 Å². The number of esters is 1. The molecule has 0 saturated heterocycles. The third-order valence-electron chi connectivity index (χ3n) is 5.75. The molecule has 1 unspecified atom stereocenters. The fourth-order valence-corrected chi connectivity index (χ4v) is 6.38. The van der Waals surface area contributed by atoms with Gasteiger partial charge in [0.15, 0.2) is 0 Å². The number of benzene rings is 3. The first kappa shape index (κ1) is 22.3. The molecule has 4 rings (SSSR count). The zero-order valence-corrected chi connectivity index (χ0v) is 19.1. The second kappa shape index (κ2) is 10.1. The number of ether oxygens (including phenoxy) is 1. The molecule has 3 aromatic carbocycles. The van der Waals surface area contributed by atoms with E-state index in [0.29, 0.717) is 5.57 Å². The predicted molar refractivity (Wildman–Crippen MR) is 129 cm³/mol. The van der Waals surface area contributed by atoms with E-state index in [9.17, 15) is 9.36 Å². The summed E-state index contributed by atoms with van der Waals surface area (Å²) in [5.74, 6) is -0.111. The van der Waals surface area contributed by atoms with Gasteiger partial charge in [0, 0.05) is 16.7 Å². The SMILES string of the molecule is C/C=C(\C(=O)OCc1ccccc1)C(NP(=O)(c1ccccc1)c1ccccc1)C1CC1. The maximum Gasteiger partial charge on any atom is 0.335 e. The van der Waals surface area contributed by atoms with Crippen molar-refractivity contribution in [3.8, 4) is 0 Å². The predicted octanol–water partition coefficient (Wildman–Crippen LogP) is 4.97. The van der Waals surface area contributed by atoms with E-state index in [1.165, 1.54) is 0 Å². The maximum atomic E-state index is 14.5. The molecule has 0 heterocycles. The lowest BCUT2D eigenvalue weighted by atomic mass is 10.0. The number of rotatable bonds is 9. The monoisotopic (exact) mass is 445 g/mol. The van der Waals surface area contributed by atoms with E-state index in [-0.39, 0.29) is 24.5 Å². The van der Waals surface area contributed by atoms with Gasteiger partial charge in [0.05, 0.1) is 5.57 Å². The van der Waals surface area contributed by atoms with Crippen molar-refractivity contribution in [3.63, 3.8) is 0 Å². The molecule has 0 spiro atoms. The molecule has 1 N–H and O–H groups in total. The Morgan fingerprint density at radius 3 is 1.91 bits per heavy atom. The Kier molecular flexibility index (Phi) is 7.04. The fraction of sp³-hybridized carbons (Fsp3) is 0.222. The Labute approximate surface area is 189 Å². The lowest BCUT2D eigenvalue weighted by molar-refractivity contribution is -0.140. The molecular weight excluding hydrogens is 417 g/mol. The molecule has 0 aliphatic heterocycles. The van der Waals surface area contributed by atoms with E-state index in [1.54, 1.807) is 6.08 Å². The van der Waals surface area contributed by atoms with E-state index < -0.39 is 7.29 Å². The Morgan fingerprint density at radius 1 is 0.938 bits per heavy atom. The molecule has 1 aliphatic rings. The second-order valence-corrected chi connectivity index (χ2v) is 10.5. The van der Waals surface area contributed by atoms with Crippen molar-refractivity contribution < 1.29 is 14.1 Å². The van der Waals surface area contributed by atoms with Crippen molar-refractivity contribution in [1.82, 2.24) is 5.09 Å². The van der Waals surface area contributed by atoms with Crippen molar-refractivity contribution in [2.75, 3.05) is 0 Å². The van der Waals surface area contributed by atoms with E-state index in [2.05, 4.69) is 5.09 Å². The molecule has 5 heteroatoms. The lowest BCUT2D eigenvalue weighted by Gasteiger charge is -2.28. The van der Waals surface area contributed by atoms with Gasteiger partial charge in [0.25, 0.3) is 0 Å². The Hall–Kier alpha value is -2.94. The van der Waals surface area contributed by atoms with Gasteiger partial charge in [0.2, 0.25) is 7.29 Å². The van der Waals surface area contributed by atoms with Crippen LogP contribution in [0.1, 0.15) is 25.3 Å². The van der Waals surface area contributed by atoms with Crippen LogP contribution >= 0.6 is 7.29 Å². The van der Waals surface area contributed by atoms with Gasteiger partial charge >= 0.3 is 5.97 Å². The lowest BCUT2D eigenvalue weighted by Crippen LogP contribution is -2.39. The number of allylic oxidation sites excluding steroid dienone is 1. The van der Waals surface area contributed by atoms with E-state index in [1.807, 2.05) is 97.9 Å². The molecule has 3 aromatic rings. The fourth-order valence-electron chi connectivity index (χ4n) is 3.86. The molecule has 1 saturated carbocycles. The highest BCUT2D eigenvalue weighted by Gasteiger charge is 2.41. The van der Waals surface area contributed by atoms with Crippen LogP contribution in [0.25, 0.3) is 0 Å². The average molecular weight is 445 g/mol. The molecular formula is C27H28NO3P. The van der Waals surface area contributed by atoms with E-state index >= 15 is 0 Å². The molecule has 1 aliphatic carbocycles. The summed E-state index contributed by atoms with van der Waals surface area (Å²) in [7, 11) is -3.18. The largest absolute Gasteiger partial charge is 0.457 e. The Bertz CT molecular complexity index is 1070. The minimum absolute atomic E-state index is 0.212. The van der Waals surface area contributed by atoms with E-state index in [0.717, 1.165) is 29.0 Å². The minimum Gasteiger partial charge on any atom is -0.457 e. The number of hydrogen-bond acceptors (Lipinski definition) is 3. The minimum atomic E-state index is -3.18. The van der Waals surface area contributed by atoms with Crippen molar-refractivity contribution in [2.24, 2.45) is 5.92 Å². The van der Waals surface area contributed by atoms with Crippen LogP contribution in [0.2, 0.25) is 0 Å². The van der Waals surface area contributed by atoms with Gasteiger partial charge in [-0.05, 0) is 55.5 Å². The van der Waals surface area contributed by atoms with Gasteiger partial charge in [0.1, 0.15) is 6.61 Å². The highest BCUT2D eigenvalue weighted by molar-refractivity contribution is 7.77. The number of carbonyl (C=O) groups is 1. The first-order valence-corrected chi connectivity index (χ1v) is 12.7. The van der Waals surface area contributed by atoms with Crippen molar-refractivity contribution in [2.45, 2.75) is 32.4 Å². The molecule has 1 atom stereocenters. The standard InChI is InChI=1S/C27H28NO3P/c1-2-25(27(29)31-20-21-12-6-3-7-13-21)26(22-18-19-22)28-32(30,23-14-8-4-9-15-23)24-16-10-5-11-17-24/h2-17,22,26H,18-20H2,1H3,(H,28,30)/b25-2-. The Morgan fingerprint density at radius 2 is 1.44 bits per heavy atom. The normalized spacial score (nSPS) is 15.2. The topological polar surface area (TPSA) is 55.4 Å². The van der Waals surface area contributed by atoms with Gasteiger partial charge < -0.3 is 4.74 Å². The smallest absolute Gasteiger partial charge is 0.335 e. The van der Waals surface area contributed by atoms with Crippen LogP contribution in [0.15, 0.2) is 103 Å². The zero-order chi connectivity index (χ0) is 22.4. The summed E-state index contributed by atoms with van der Waals surface area (Å²) in [4.78, 5) is 13.1. The van der Waals surface area contributed by atoms with Crippen molar-refractivity contribution in [3.05, 3.63) is 108 Å². The molecule has 4 nitrogen and oxygen atoms in total. The summed E-state index contributed by atoms with van der Waals surface area (Å²) in [6.45, 7) is 2.05. The van der Waals surface area contributed by atoms with Crippen LogP contribution in [0.4, 0.5) is 0 Å². The third kappa shape index (κ3) is 5.09. The average Bonchev–Trinajstić information content (AvgIpc) is 3.70. The Balaban J connectivity index is 1.62. The van der Waals surface area contributed by atoms with Crippen LogP contribution in [-0.2, 0) is 20.7 Å². The highest BCUT2D eigenvalue weighted by atomic mass is 31.2. The second-order valence-electron chi connectivity index (χ2n) is 8.03. The van der Waals surface area contributed by atoms with Crippen molar-refractivity contribution in [1.29, 1.82) is 0 Å². The summed E-state index contributed by atoms with van der Waals surface area (Å²) in [6.07, 6.45) is 3.78. The number of nitrogens with one attached hydrogen (secondary N) is 1. The first-order valence-electron chi connectivity index (χ1n) is 11.0. The van der Waals surface area contributed by atoms with Crippen LogP contribution < -0.4 is 15.7 Å². The molecule has 1 fully saturated rings. The summed E-state index contributed by atoms with van der Waals surface area (Å²) in [5, 5.41) is 4.90. The molecule has 0 radical (unpaired) electrons. The molecule has 32 heavy (non-hydrogen) atoms. The number of hydrogen-bond donors (Lipinski definition) is 1. The molecule has 0 bridgehead atoms. The van der Waals surface area contributed by atoms with E-state index in [4.69, 9.17) is 4.74 Å². The van der Waals surface area contributed by atoms with Crippen LogP contribution in [0.3, 0.4) is 0 Å². The van der Waals surface area contributed by atoms with Gasteiger partial charge in [-0.3, -0.25) is 9.65 Å². The van der Waals surface area contributed by atoms with Gasteiger partial charge in [-0.25, -0.2) is 4.79 Å². The number of carbonyl (C=O) groups excluding carboxylic acids is 1. The summed E-state index contributed by atoms with van der Waals surface area (Å²) in [6, 6.07) is 28.2. The third-order valence-corrected chi connectivity index (χ3v) is 8.44. The van der Waals surface area contributed by atoms with Gasteiger partial charge in [-0.1, -0.05) is 72.8 Å². The summed E-state index contributed by atoms with van der Waals surface area (Å²) >= 11 is 0. The van der Waals surface area contributed by atoms with Gasteiger partial charge in [-0.2, -0.15) is 0 Å². The highest BCUT2D eigenvalue weighted by Crippen LogP contribution is 2.45. The van der Waals surface area contributed by atoms with Gasteiger partial charge in [-0.15, -0.1) is 0 Å².